The van der Waals surface area contributed by atoms with Crippen LogP contribution in [0.15, 0.2) is 60.0 Å². The van der Waals surface area contributed by atoms with Crippen LogP contribution in [0.25, 0.3) is 0 Å². The standard InChI is InChI=1S/C22H21ClF4N4O2S/c1-30-12-21(29-13-30)34(32,33)31-10-15(18(11-31)14-2-5-17(24)6-3-14)9-28-20-7-4-16(8-19(20)23)22(25,26)27/h2-8,12-13,15,18,28H,9-11H2,1H3. The zero-order valence-electron chi connectivity index (χ0n) is 17.9. The summed E-state index contributed by atoms with van der Waals surface area (Å²) >= 11 is 6.05. The number of alkyl halides is 3. The van der Waals surface area contributed by atoms with Crippen molar-refractivity contribution in [2.75, 3.05) is 25.0 Å². The number of hydrogen-bond donors (Lipinski definition) is 1. The predicted octanol–water partition coefficient (Wildman–Crippen LogP) is 4.75. The SMILES string of the molecule is Cn1cnc(S(=O)(=O)N2CC(CNc3ccc(C(F)(F)F)cc3Cl)C(c3ccc(F)cc3)C2)c1. The smallest absolute Gasteiger partial charge is 0.383 e. The molecule has 1 fully saturated rings. The molecular formula is C22H21ClF4N4O2S. The van der Waals surface area contributed by atoms with E-state index in [0.29, 0.717) is 5.69 Å². The highest BCUT2D eigenvalue weighted by Gasteiger charge is 2.41. The molecule has 12 heteroatoms. The van der Waals surface area contributed by atoms with Crippen molar-refractivity contribution in [1.82, 2.24) is 13.9 Å². The molecule has 6 nitrogen and oxygen atoms in total. The van der Waals surface area contributed by atoms with Gasteiger partial charge < -0.3 is 9.88 Å². The van der Waals surface area contributed by atoms with Crippen molar-refractivity contribution in [3.05, 3.63) is 77.0 Å². The van der Waals surface area contributed by atoms with Gasteiger partial charge in [0.15, 0.2) is 5.03 Å². The molecule has 0 amide bonds. The maximum atomic E-state index is 13.5. The molecule has 0 aliphatic carbocycles. The summed E-state index contributed by atoms with van der Waals surface area (Å²) in [5.74, 6) is -0.951. The van der Waals surface area contributed by atoms with Crippen LogP contribution in [0.3, 0.4) is 0 Å². The molecule has 1 aliphatic rings. The highest BCUT2D eigenvalue weighted by atomic mass is 35.5. The molecule has 34 heavy (non-hydrogen) atoms. The van der Waals surface area contributed by atoms with Crippen molar-refractivity contribution in [1.29, 1.82) is 0 Å². The Balaban J connectivity index is 1.58. The van der Waals surface area contributed by atoms with Crippen LogP contribution in [0.4, 0.5) is 23.2 Å². The summed E-state index contributed by atoms with van der Waals surface area (Å²) in [5, 5.41) is 2.88. The summed E-state index contributed by atoms with van der Waals surface area (Å²) < 4.78 is 81.3. The van der Waals surface area contributed by atoms with E-state index in [1.54, 1.807) is 19.2 Å². The molecule has 182 valence electrons. The number of aryl methyl sites for hydroxylation is 1. The van der Waals surface area contributed by atoms with Gasteiger partial charge >= 0.3 is 6.18 Å². The summed E-state index contributed by atoms with van der Waals surface area (Å²) in [6.45, 7) is 0.533. The molecule has 3 aromatic rings. The first-order valence-corrected chi connectivity index (χ1v) is 12.1. The number of nitrogens with one attached hydrogen (secondary N) is 1. The third-order valence-electron chi connectivity index (χ3n) is 5.84. The fourth-order valence-corrected chi connectivity index (χ4v) is 5.79. The van der Waals surface area contributed by atoms with E-state index in [4.69, 9.17) is 11.6 Å². The molecule has 1 N–H and O–H groups in total. The number of aromatic nitrogens is 2. The van der Waals surface area contributed by atoms with Gasteiger partial charge in [-0.1, -0.05) is 23.7 Å². The van der Waals surface area contributed by atoms with Gasteiger partial charge in [-0.15, -0.1) is 0 Å². The first-order chi connectivity index (χ1) is 15.9. The first kappa shape index (κ1) is 24.5. The molecule has 0 saturated carbocycles. The van der Waals surface area contributed by atoms with E-state index in [-0.39, 0.29) is 41.5 Å². The number of hydrogen-bond acceptors (Lipinski definition) is 4. The maximum absolute atomic E-state index is 13.5. The lowest BCUT2D eigenvalue weighted by Gasteiger charge is -2.20. The zero-order chi connectivity index (χ0) is 24.7. The average Bonchev–Trinajstić information content (AvgIpc) is 3.40. The fraction of sp³-hybridized carbons (Fsp3) is 0.318. The minimum atomic E-state index is -4.51. The Morgan fingerprint density at radius 2 is 1.85 bits per heavy atom. The zero-order valence-corrected chi connectivity index (χ0v) is 19.5. The third kappa shape index (κ3) is 5.06. The second kappa shape index (κ2) is 9.20. The van der Waals surface area contributed by atoms with Crippen LogP contribution >= 0.6 is 11.6 Å². The highest BCUT2D eigenvalue weighted by molar-refractivity contribution is 7.89. The van der Waals surface area contributed by atoms with Crippen LogP contribution in [-0.4, -0.2) is 41.9 Å². The largest absolute Gasteiger partial charge is 0.416 e. The first-order valence-electron chi connectivity index (χ1n) is 10.3. The molecule has 0 spiro atoms. The Kier molecular flexibility index (Phi) is 6.63. The Labute approximate surface area is 199 Å². The summed E-state index contributed by atoms with van der Waals surface area (Å²) in [7, 11) is -2.20. The van der Waals surface area contributed by atoms with Gasteiger partial charge in [0.1, 0.15) is 5.82 Å². The van der Waals surface area contributed by atoms with Crippen molar-refractivity contribution in [3.8, 4) is 0 Å². The minimum Gasteiger partial charge on any atom is -0.383 e. The van der Waals surface area contributed by atoms with Crippen LogP contribution in [0.2, 0.25) is 5.02 Å². The van der Waals surface area contributed by atoms with Crippen LogP contribution in [0.1, 0.15) is 17.0 Å². The third-order valence-corrected chi connectivity index (χ3v) is 7.87. The van der Waals surface area contributed by atoms with Gasteiger partial charge in [0.25, 0.3) is 10.0 Å². The van der Waals surface area contributed by atoms with E-state index in [2.05, 4.69) is 10.3 Å². The number of imidazole rings is 1. The van der Waals surface area contributed by atoms with Crippen LogP contribution in [0, 0.1) is 11.7 Å². The second-order valence-electron chi connectivity index (χ2n) is 8.19. The molecule has 2 atom stereocenters. The molecule has 0 bridgehead atoms. The number of benzene rings is 2. The van der Waals surface area contributed by atoms with Crippen molar-refractivity contribution < 1.29 is 26.0 Å². The molecular weight excluding hydrogens is 496 g/mol. The van der Waals surface area contributed by atoms with Gasteiger partial charge in [0.2, 0.25) is 0 Å². The normalized spacial score (nSPS) is 19.5. The van der Waals surface area contributed by atoms with E-state index in [0.717, 1.165) is 17.7 Å². The minimum absolute atomic E-state index is 0.0766. The van der Waals surface area contributed by atoms with E-state index in [1.165, 1.54) is 39.6 Å². The summed E-state index contributed by atoms with van der Waals surface area (Å²) in [6.07, 6.45) is -1.70. The van der Waals surface area contributed by atoms with Crippen molar-refractivity contribution >= 4 is 27.3 Å². The lowest BCUT2D eigenvalue weighted by molar-refractivity contribution is -0.137. The molecule has 2 heterocycles. The van der Waals surface area contributed by atoms with Gasteiger partial charge in [-0.3, -0.25) is 0 Å². The highest BCUT2D eigenvalue weighted by Crippen LogP contribution is 2.37. The van der Waals surface area contributed by atoms with Crippen LogP contribution in [0.5, 0.6) is 0 Å². The number of anilines is 1. The lowest BCUT2D eigenvalue weighted by Crippen LogP contribution is -2.30. The second-order valence-corrected chi connectivity index (χ2v) is 10.5. The molecule has 0 radical (unpaired) electrons. The molecule has 4 rings (SSSR count). The van der Waals surface area contributed by atoms with E-state index in [9.17, 15) is 26.0 Å². The molecule has 1 saturated heterocycles. The predicted molar refractivity (Wildman–Crippen MR) is 120 cm³/mol. The Bertz CT molecular complexity index is 1280. The number of sulfonamides is 1. The van der Waals surface area contributed by atoms with Gasteiger partial charge in [-0.25, -0.2) is 17.8 Å². The Morgan fingerprint density at radius 1 is 1.15 bits per heavy atom. The average molecular weight is 517 g/mol. The van der Waals surface area contributed by atoms with Crippen LogP contribution < -0.4 is 5.32 Å². The Morgan fingerprint density at radius 3 is 2.44 bits per heavy atom. The Hall–Kier alpha value is -2.63. The number of nitrogens with zero attached hydrogens (tertiary/aromatic N) is 3. The molecule has 1 aromatic heterocycles. The quantitative estimate of drug-likeness (QED) is 0.480. The van der Waals surface area contributed by atoms with Crippen molar-refractivity contribution in [3.63, 3.8) is 0 Å². The van der Waals surface area contributed by atoms with Gasteiger partial charge in [-0.2, -0.15) is 17.5 Å². The lowest BCUT2D eigenvalue weighted by atomic mass is 9.89. The van der Waals surface area contributed by atoms with Gasteiger partial charge in [0, 0.05) is 38.8 Å². The van der Waals surface area contributed by atoms with E-state index in [1.807, 2.05) is 0 Å². The summed E-state index contributed by atoms with van der Waals surface area (Å²) in [4.78, 5) is 3.96. The van der Waals surface area contributed by atoms with E-state index >= 15 is 0 Å². The number of rotatable bonds is 6. The van der Waals surface area contributed by atoms with E-state index < -0.39 is 27.6 Å². The molecule has 2 aromatic carbocycles. The summed E-state index contributed by atoms with van der Waals surface area (Å²) in [5.41, 5.74) is 0.199. The van der Waals surface area contributed by atoms with Crippen molar-refractivity contribution in [2.45, 2.75) is 17.1 Å². The van der Waals surface area contributed by atoms with Crippen molar-refractivity contribution in [2.24, 2.45) is 13.0 Å². The maximum Gasteiger partial charge on any atom is 0.416 e. The van der Waals surface area contributed by atoms with Gasteiger partial charge in [0.05, 0.1) is 22.6 Å². The summed E-state index contributed by atoms with van der Waals surface area (Å²) in [6, 6.07) is 8.84. The number of halogens is 5. The monoisotopic (exact) mass is 516 g/mol. The molecule has 1 aliphatic heterocycles. The van der Waals surface area contributed by atoms with Crippen LogP contribution in [-0.2, 0) is 23.2 Å². The fourth-order valence-electron chi connectivity index (χ4n) is 4.05. The molecule has 2 unspecified atom stereocenters. The topological polar surface area (TPSA) is 67.2 Å². The van der Waals surface area contributed by atoms with Gasteiger partial charge in [-0.05, 0) is 41.8 Å².